The van der Waals surface area contributed by atoms with E-state index in [0.29, 0.717) is 5.56 Å². The van der Waals surface area contributed by atoms with E-state index in [9.17, 15) is 18.8 Å². The lowest BCUT2D eigenvalue weighted by atomic mass is 9.99. The average molecular weight is 370 g/mol. The summed E-state index contributed by atoms with van der Waals surface area (Å²) in [5.41, 5.74) is 1.10. The topological polar surface area (TPSA) is 90.6 Å². The third-order valence-electron chi connectivity index (χ3n) is 4.17. The number of aliphatic hydroxyl groups is 1. The average Bonchev–Trinajstić information content (AvgIpc) is 2.86. The molecule has 0 aromatic heterocycles. The molecule has 0 amide bonds. The summed E-state index contributed by atoms with van der Waals surface area (Å²) in [4.78, 5) is 0.137. The minimum absolute atomic E-state index is 0.0765. The second kappa shape index (κ2) is 7.20. The highest BCUT2D eigenvalue weighted by Gasteiger charge is 2.45. The summed E-state index contributed by atoms with van der Waals surface area (Å²) < 4.78 is 32.4. The van der Waals surface area contributed by atoms with E-state index < -0.39 is 22.0 Å². The van der Waals surface area contributed by atoms with Crippen LogP contribution in [0.5, 0.6) is 0 Å². The molecule has 3 rings (SSSR count). The van der Waals surface area contributed by atoms with Crippen molar-refractivity contribution in [1.82, 2.24) is 4.31 Å². The summed E-state index contributed by atoms with van der Waals surface area (Å²) in [6.45, 7) is 1.91. The van der Waals surface area contributed by atoms with Crippen LogP contribution in [0.1, 0.15) is 24.1 Å². The van der Waals surface area contributed by atoms with E-state index >= 15 is 0 Å². The van der Waals surface area contributed by atoms with Gasteiger partial charge in [0.15, 0.2) is 0 Å². The van der Waals surface area contributed by atoms with Gasteiger partial charge in [0, 0.05) is 6.54 Å². The number of benzene rings is 2. The molecule has 0 fully saturated rings. The monoisotopic (exact) mass is 370 g/mol. The number of hydrogen-bond acceptors (Lipinski definition) is 5. The summed E-state index contributed by atoms with van der Waals surface area (Å²) in [5.74, 6) is -0.551. The van der Waals surface area contributed by atoms with Gasteiger partial charge in [-0.2, -0.15) is 9.57 Å². The maximum Gasteiger partial charge on any atom is 0.293 e. The molecule has 0 radical (unpaired) electrons. The molecule has 26 heavy (non-hydrogen) atoms. The van der Waals surface area contributed by atoms with Crippen molar-refractivity contribution in [3.8, 4) is 6.07 Å². The summed E-state index contributed by atoms with van der Waals surface area (Å²) in [7, 11) is -3.82. The summed E-state index contributed by atoms with van der Waals surface area (Å²) >= 11 is 0. The molecule has 2 aromatic rings. The van der Waals surface area contributed by atoms with Crippen molar-refractivity contribution < 1.29 is 18.3 Å². The second-order valence-corrected chi connectivity index (χ2v) is 7.60. The second-order valence-electron chi connectivity index (χ2n) is 5.74. The van der Waals surface area contributed by atoms with Crippen molar-refractivity contribution in [2.75, 3.05) is 6.61 Å². The van der Waals surface area contributed by atoms with Gasteiger partial charge < -0.3 is 9.84 Å². The fourth-order valence-corrected chi connectivity index (χ4v) is 4.84. The highest BCUT2D eigenvalue weighted by Crippen LogP contribution is 2.44. The maximum absolute atomic E-state index is 13.1. The van der Waals surface area contributed by atoms with E-state index in [1.165, 1.54) is 10.4 Å². The Balaban J connectivity index is 2.17. The van der Waals surface area contributed by atoms with Gasteiger partial charge in [-0.25, -0.2) is 8.42 Å². The van der Waals surface area contributed by atoms with Gasteiger partial charge in [-0.15, -0.1) is 0 Å². The molecule has 0 spiro atoms. The zero-order chi connectivity index (χ0) is 18.7. The number of rotatable bonds is 5. The predicted octanol–water partition coefficient (Wildman–Crippen LogP) is 3.26. The van der Waals surface area contributed by atoms with Gasteiger partial charge in [0.1, 0.15) is 11.6 Å². The molecule has 134 valence electrons. The van der Waals surface area contributed by atoms with E-state index in [-0.39, 0.29) is 23.6 Å². The minimum atomic E-state index is -3.82. The van der Waals surface area contributed by atoms with Gasteiger partial charge in [-0.1, -0.05) is 48.5 Å². The number of nitriles is 1. The van der Waals surface area contributed by atoms with Crippen molar-refractivity contribution in [2.24, 2.45) is 0 Å². The number of nitrogens with zero attached hydrogens (tertiary/aromatic N) is 2. The minimum Gasteiger partial charge on any atom is -0.480 e. The van der Waals surface area contributed by atoms with Crippen LogP contribution in [0.4, 0.5) is 0 Å². The third kappa shape index (κ3) is 3.05. The van der Waals surface area contributed by atoms with Gasteiger partial charge in [0.25, 0.3) is 5.95 Å². The van der Waals surface area contributed by atoms with E-state index in [1.807, 2.05) is 36.4 Å². The highest BCUT2D eigenvalue weighted by atomic mass is 32.2. The van der Waals surface area contributed by atoms with Crippen LogP contribution < -0.4 is 0 Å². The fraction of sp³-hybridized carbons (Fsp3) is 0.211. The van der Waals surface area contributed by atoms with Crippen LogP contribution in [0.2, 0.25) is 0 Å². The van der Waals surface area contributed by atoms with E-state index in [4.69, 9.17) is 4.74 Å². The quantitative estimate of drug-likeness (QED) is 0.644. The van der Waals surface area contributed by atoms with Gasteiger partial charge in [-0.3, -0.25) is 0 Å². The Morgan fingerprint density at radius 2 is 1.85 bits per heavy atom. The van der Waals surface area contributed by atoms with E-state index in [2.05, 4.69) is 0 Å². The molecule has 1 aliphatic rings. The first-order valence-corrected chi connectivity index (χ1v) is 9.55. The van der Waals surface area contributed by atoms with Crippen molar-refractivity contribution >= 4 is 10.0 Å². The number of fused-ring (bicyclic) bond motifs is 1. The maximum atomic E-state index is 13.1. The molecule has 1 N–H and O–H groups in total. The van der Waals surface area contributed by atoms with Crippen LogP contribution in [0.3, 0.4) is 0 Å². The molecule has 0 aliphatic carbocycles. The molecule has 1 unspecified atom stereocenters. The molecular weight excluding hydrogens is 352 g/mol. The Morgan fingerprint density at radius 1 is 1.19 bits per heavy atom. The zero-order valence-corrected chi connectivity index (χ0v) is 15.0. The molecule has 0 bridgehead atoms. The van der Waals surface area contributed by atoms with Crippen LogP contribution in [-0.4, -0.2) is 24.4 Å². The lowest BCUT2D eigenvalue weighted by Crippen LogP contribution is -2.29. The molecular formula is C19H18N2O4S. The summed E-state index contributed by atoms with van der Waals surface area (Å²) in [6, 6.07) is 16.6. The number of ether oxygens (including phenoxy) is 1. The van der Waals surface area contributed by atoms with Crippen molar-refractivity contribution in [3.63, 3.8) is 0 Å². The van der Waals surface area contributed by atoms with Gasteiger partial charge in [-0.05, 0) is 24.1 Å². The normalized spacial score (nSPS) is 19.3. The summed E-state index contributed by atoms with van der Waals surface area (Å²) in [5, 5.41) is 19.8. The molecule has 7 heteroatoms. The zero-order valence-electron chi connectivity index (χ0n) is 14.2. The Kier molecular flexibility index (Phi) is 4.98. The predicted molar refractivity (Wildman–Crippen MR) is 95.2 cm³/mol. The lowest BCUT2D eigenvalue weighted by molar-refractivity contribution is 0.0952. The first-order valence-electron chi connectivity index (χ1n) is 8.11. The fourth-order valence-electron chi connectivity index (χ4n) is 3.04. The molecule has 1 atom stereocenters. The molecule has 2 aromatic carbocycles. The molecule has 6 nitrogen and oxygen atoms in total. The first kappa shape index (κ1) is 18.0. The standard InChI is InChI=1S/C19H18N2O4S/c1-2-25-19(22)16(12-20)18-15-10-6-7-11-17(15)26(23,24)21(18)13-14-8-4-3-5-9-14/h3-11,18,22H,2,13H2,1H3/b19-16-. The van der Waals surface area contributed by atoms with Crippen LogP contribution in [-0.2, 0) is 21.3 Å². The van der Waals surface area contributed by atoms with Gasteiger partial charge in [0.2, 0.25) is 10.0 Å². The molecule has 1 aliphatic heterocycles. The van der Waals surface area contributed by atoms with Crippen LogP contribution in [0.25, 0.3) is 0 Å². The molecule has 0 saturated carbocycles. The van der Waals surface area contributed by atoms with Crippen LogP contribution in [0.15, 0.2) is 71.0 Å². The number of aliphatic hydroxyl groups excluding tert-OH is 1. The first-order chi connectivity index (χ1) is 12.5. The van der Waals surface area contributed by atoms with E-state index in [0.717, 1.165) is 5.56 Å². The van der Waals surface area contributed by atoms with Crippen LogP contribution >= 0.6 is 0 Å². The Hall–Kier alpha value is -2.82. The van der Waals surface area contributed by atoms with Gasteiger partial charge in [0.05, 0.1) is 17.5 Å². The lowest BCUT2D eigenvalue weighted by Gasteiger charge is -2.23. The summed E-state index contributed by atoms with van der Waals surface area (Å²) in [6.07, 6.45) is 0. The molecule has 0 saturated heterocycles. The Labute approximate surface area is 152 Å². The SMILES string of the molecule is CCO/C(O)=C(/C#N)C1c2ccccc2S(=O)(=O)N1Cc1ccccc1. The largest absolute Gasteiger partial charge is 0.480 e. The van der Waals surface area contributed by atoms with Crippen molar-refractivity contribution in [3.05, 3.63) is 77.2 Å². The van der Waals surface area contributed by atoms with Crippen molar-refractivity contribution in [2.45, 2.75) is 24.4 Å². The molecule has 1 heterocycles. The van der Waals surface area contributed by atoms with Crippen LogP contribution in [0, 0.1) is 11.3 Å². The Morgan fingerprint density at radius 3 is 2.50 bits per heavy atom. The van der Waals surface area contributed by atoms with E-state index in [1.54, 1.807) is 25.1 Å². The third-order valence-corrected chi connectivity index (χ3v) is 6.06. The smallest absolute Gasteiger partial charge is 0.293 e. The highest BCUT2D eigenvalue weighted by molar-refractivity contribution is 7.89. The number of sulfonamides is 1. The van der Waals surface area contributed by atoms with Gasteiger partial charge >= 0.3 is 0 Å². The Bertz CT molecular complexity index is 978. The number of hydrogen-bond donors (Lipinski definition) is 1. The van der Waals surface area contributed by atoms with Crippen molar-refractivity contribution in [1.29, 1.82) is 5.26 Å².